The number of thiazole rings is 1. The number of imidazole rings is 1. The molecule has 2 N–H and O–H groups in total. The highest BCUT2D eigenvalue weighted by Crippen LogP contribution is 2.24. The van der Waals surface area contributed by atoms with E-state index in [2.05, 4.69) is 25.4 Å². The van der Waals surface area contributed by atoms with E-state index in [9.17, 15) is 4.79 Å². The highest BCUT2D eigenvalue weighted by atomic mass is 32.1. The van der Waals surface area contributed by atoms with Crippen LogP contribution in [-0.2, 0) is 18.3 Å². The molecule has 7 nitrogen and oxygen atoms in total. The topological polar surface area (TPSA) is 88.5 Å². The van der Waals surface area contributed by atoms with Gasteiger partial charge in [0.2, 0.25) is 5.91 Å². The number of nitrogens with zero attached hydrogens (tertiary/aromatic N) is 4. The minimum absolute atomic E-state index is 0.0763. The first-order chi connectivity index (χ1) is 12.2. The molecule has 0 radical (unpaired) electrons. The Labute approximate surface area is 147 Å². The van der Waals surface area contributed by atoms with Crippen LogP contribution < -0.4 is 5.32 Å². The lowest BCUT2D eigenvalue weighted by Crippen LogP contribution is -2.12. The number of para-hydroxylation sites is 2. The molecule has 0 atom stereocenters. The molecule has 0 bridgehead atoms. The fourth-order valence-electron chi connectivity index (χ4n) is 2.55. The summed E-state index contributed by atoms with van der Waals surface area (Å²) in [5.41, 5.74) is 3.64. The van der Waals surface area contributed by atoms with Crippen LogP contribution in [-0.4, -0.2) is 30.6 Å². The van der Waals surface area contributed by atoms with E-state index in [4.69, 9.17) is 0 Å². The predicted octanol–water partition coefficient (Wildman–Crippen LogP) is 2.99. The summed E-state index contributed by atoms with van der Waals surface area (Å²) in [7, 11) is 1.86. The molecule has 0 spiro atoms. The van der Waals surface area contributed by atoms with Crippen LogP contribution in [0.15, 0.2) is 42.0 Å². The van der Waals surface area contributed by atoms with E-state index in [1.54, 1.807) is 10.9 Å². The molecule has 0 aliphatic rings. The van der Waals surface area contributed by atoms with Crippen molar-refractivity contribution in [2.45, 2.75) is 12.8 Å². The number of hydrogen-bond acceptors (Lipinski definition) is 5. The minimum atomic E-state index is -0.0763. The summed E-state index contributed by atoms with van der Waals surface area (Å²) in [6, 6.07) is 7.83. The number of nitrogens with one attached hydrogen (secondary N) is 2. The number of hydrogen-bond donors (Lipinski definition) is 2. The average Bonchev–Trinajstić information content (AvgIpc) is 3.31. The number of aryl methyl sites for hydroxylation is 2. The van der Waals surface area contributed by atoms with Crippen molar-refractivity contribution in [3.63, 3.8) is 0 Å². The zero-order valence-electron chi connectivity index (χ0n) is 13.6. The van der Waals surface area contributed by atoms with Crippen LogP contribution in [0.3, 0.4) is 0 Å². The molecule has 0 saturated carbocycles. The van der Waals surface area contributed by atoms with Crippen molar-refractivity contribution < 1.29 is 4.79 Å². The summed E-state index contributed by atoms with van der Waals surface area (Å²) in [6.45, 7) is 0. The van der Waals surface area contributed by atoms with Crippen molar-refractivity contribution in [2.75, 3.05) is 5.32 Å². The Bertz CT molecular complexity index is 998. The summed E-state index contributed by atoms with van der Waals surface area (Å²) in [6.07, 6.45) is 4.55. The van der Waals surface area contributed by atoms with Gasteiger partial charge in [0.15, 0.2) is 5.13 Å². The molecule has 0 aliphatic carbocycles. The Morgan fingerprint density at radius 1 is 1.32 bits per heavy atom. The molecule has 3 heterocycles. The molecule has 1 aromatic carbocycles. The quantitative estimate of drug-likeness (QED) is 0.578. The van der Waals surface area contributed by atoms with Crippen molar-refractivity contribution in [1.82, 2.24) is 24.7 Å². The average molecular weight is 352 g/mol. The Morgan fingerprint density at radius 3 is 3.00 bits per heavy atom. The van der Waals surface area contributed by atoms with Crippen molar-refractivity contribution in [2.24, 2.45) is 7.05 Å². The lowest BCUT2D eigenvalue weighted by molar-refractivity contribution is -0.116. The highest BCUT2D eigenvalue weighted by Gasteiger charge is 2.10. The molecular formula is C17H16N6OS. The van der Waals surface area contributed by atoms with E-state index < -0.39 is 0 Å². The molecule has 25 heavy (non-hydrogen) atoms. The lowest BCUT2D eigenvalue weighted by atomic mass is 10.3. The summed E-state index contributed by atoms with van der Waals surface area (Å²) in [5, 5.41) is 9.47. The number of rotatable bonds is 5. The summed E-state index contributed by atoms with van der Waals surface area (Å²) in [4.78, 5) is 24.3. The Kier molecular flexibility index (Phi) is 4.02. The lowest BCUT2D eigenvalue weighted by Gasteiger charge is -2.00. The Hall–Kier alpha value is -3.00. The standard InChI is InChI=1S/C17H16N6OS/c1-23-9-11(8-18-23)14-10-25-17(21-14)22-16(24)7-6-15-19-12-4-2-3-5-13(12)20-15/h2-5,8-10H,6-7H2,1H3,(H,19,20)(H,21,22,24). The van der Waals surface area contributed by atoms with Gasteiger partial charge in [-0.15, -0.1) is 11.3 Å². The first-order valence-corrected chi connectivity index (χ1v) is 8.73. The molecule has 8 heteroatoms. The number of benzene rings is 1. The van der Waals surface area contributed by atoms with Gasteiger partial charge in [-0.2, -0.15) is 5.10 Å². The molecule has 4 aromatic rings. The van der Waals surface area contributed by atoms with Crippen LogP contribution in [0.1, 0.15) is 12.2 Å². The zero-order valence-corrected chi connectivity index (χ0v) is 14.4. The van der Waals surface area contributed by atoms with Crippen molar-refractivity contribution in [1.29, 1.82) is 0 Å². The second-order valence-electron chi connectivity index (χ2n) is 5.69. The number of fused-ring (bicyclic) bond motifs is 1. The third-order valence-electron chi connectivity index (χ3n) is 3.78. The normalized spacial score (nSPS) is 11.1. The molecule has 1 amide bonds. The molecule has 0 saturated heterocycles. The molecule has 0 unspecified atom stereocenters. The molecular weight excluding hydrogens is 336 g/mol. The zero-order chi connectivity index (χ0) is 17.2. The van der Waals surface area contributed by atoms with E-state index >= 15 is 0 Å². The van der Waals surface area contributed by atoms with E-state index in [1.165, 1.54) is 11.3 Å². The van der Waals surface area contributed by atoms with Gasteiger partial charge in [-0.25, -0.2) is 9.97 Å². The maximum absolute atomic E-state index is 12.1. The SMILES string of the molecule is Cn1cc(-c2csc(NC(=O)CCc3nc4ccccc4[nH]3)n2)cn1. The number of carbonyl (C=O) groups excluding carboxylic acids is 1. The maximum Gasteiger partial charge on any atom is 0.226 e. The summed E-state index contributed by atoms with van der Waals surface area (Å²) < 4.78 is 1.72. The number of aromatic nitrogens is 5. The Balaban J connectivity index is 1.36. The summed E-state index contributed by atoms with van der Waals surface area (Å²) in [5.74, 6) is 0.735. The maximum atomic E-state index is 12.1. The van der Waals surface area contributed by atoms with E-state index in [-0.39, 0.29) is 5.91 Å². The number of H-pyrrole nitrogens is 1. The third kappa shape index (κ3) is 3.43. The molecule has 0 aliphatic heterocycles. The monoisotopic (exact) mass is 352 g/mol. The van der Waals surface area contributed by atoms with Gasteiger partial charge >= 0.3 is 0 Å². The van der Waals surface area contributed by atoms with Crippen LogP contribution in [0.4, 0.5) is 5.13 Å². The van der Waals surface area contributed by atoms with E-state index in [0.29, 0.717) is 18.0 Å². The van der Waals surface area contributed by atoms with Gasteiger partial charge < -0.3 is 10.3 Å². The number of aromatic amines is 1. The van der Waals surface area contributed by atoms with Gasteiger partial charge in [0.25, 0.3) is 0 Å². The van der Waals surface area contributed by atoms with E-state index in [0.717, 1.165) is 28.1 Å². The van der Waals surface area contributed by atoms with Gasteiger partial charge in [0, 0.05) is 37.0 Å². The van der Waals surface area contributed by atoms with Gasteiger partial charge in [-0.1, -0.05) is 12.1 Å². The molecule has 0 fully saturated rings. The first kappa shape index (κ1) is 15.5. The summed E-state index contributed by atoms with van der Waals surface area (Å²) >= 11 is 1.40. The Morgan fingerprint density at radius 2 is 2.20 bits per heavy atom. The highest BCUT2D eigenvalue weighted by molar-refractivity contribution is 7.14. The number of carbonyl (C=O) groups is 1. The van der Waals surface area contributed by atoms with Crippen LogP contribution in [0, 0.1) is 0 Å². The van der Waals surface area contributed by atoms with Crippen molar-refractivity contribution >= 4 is 33.4 Å². The predicted molar refractivity (Wildman–Crippen MR) is 97.4 cm³/mol. The first-order valence-electron chi connectivity index (χ1n) is 7.85. The van der Waals surface area contributed by atoms with Gasteiger partial charge in [-0.05, 0) is 12.1 Å². The van der Waals surface area contributed by atoms with Gasteiger partial charge in [-0.3, -0.25) is 9.48 Å². The van der Waals surface area contributed by atoms with Gasteiger partial charge in [0.1, 0.15) is 5.82 Å². The number of amides is 1. The van der Waals surface area contributed by atoms with Crippen LogP contribution in [0.25, 0.3) is 22.3 Å². The molecule has 4 rings (SSSR count). The van der Waals surface area contributed by atoms with Crippen molar-refractivity contribution in [3.05, 3.63) is 47.9 Å². The van der Waals surface area contributed by atoms with Crippen LogP contribution in [0.5, 0.6) is 0 Å². The smallest absolute Gasteiger partial charge is 0.226 e. The third-order valence-corrected chi connectivity index (χ3v) is 4.54. The van der Waals surface area contributed by atoms with E-state index in [1.807, 2.05) is 42.9 Å². The van der Waals surface area contributed by atoms with Crippen LogP contribution >= 0.6 is 11.3 Å². The largest absolute Gasteiger partial charge is 0.342 e. The number of anilines is 1. The second-order valence-corrected chi connectivity index (χ2v) is 6.55. The van der Waals surface area contributed by atoms with Gasteiger partial charge in [0.05, 0.1) is 22.9 Å². The van der Waals surface area contributed by atoms with Crippen LogP contribution in [0.2, 0.25) is 0 Å². The minimum Gasteiger partial charge on any atom is -0.342 e. The second kappa shape index (κ2) is 6.48. The van der Waals surface area contributed by atoms with Crippen molar-refractivity contribution in [3.8, 4) is 11.3 Å². The molecule has 3 aromatic heterocycles. The fraction of sp³-hybridized carbons (Fsp3) is 0.176. The fourth-order valence-corrected chi connectivity index (χ4v) is 3.29. The molecule has 126 valence electrons.